The molecule has 0 radical (unpaired) electrons. The van der Waals surface area contributed by atoms with Gasteiger partial charge < -0.3 is 10.1 Å². The molecule has 0 atom stereocenters. The Hall–Kier alpha value is -1.58. The fourth-order valence-electron chi connectivity index (χ4n) is 0.721. The zero-order valence-corrected chi connectivity index (χ0v) is 5.92. The van der Waals surface area contributed by atoms with Gasteiger partial charge in [-0.15, -0.1) is 0 Å². The van der Waals surface area contributed by atoms with Gasteiger partial charge in [-0.25, -0.2) is 4.79 Å². The molecule has 0 unspecified atom stereocenters. The Bertz CT molecular complexity index is 272. The second kappa shape index (κ2) is 2.57. The number of carboxylic acid groups (broad SMARTS) is 1. The molecule has 2 N–H and O–H groups in total. The first-order valence-corrected chi connectivity index (χ1v) is 3.04. The summed E-state index contributed by atoms with van der Waals surface area (Å²) in [6, 6.07) is 1.31. The van der Waals surface area contributed by atoms with Crippen LogP contribution in [0.15, 0.2) is 12.3 Å². The van der Waals surface area contributed by atoms with Crippen molar-refractivity contribution in [1.82, 2.24) is 4.98 Å². The highest BCUT2D eigenvalue weighted by Gasteiger charge is 2.07. The molecule has 1 rings (SSSR count). The lowest BCUT2D eigenvalue weighted by atomic mass is 10.3. The summed E-state index contributed by atoms with van der Waals surface area (Å²) in [5.74, 6) is -1.20. The van der Waals surface area contributed by atoms with Crippen molar-refractivity contribution >= 4 is 11.8 Å². The van der Waals surface area contributed by atoms with Gasteiger partial charge in [-0.1, -0.05) is 0 Å². The van der Waals surface area contributed by atoms with E-state index < -0.39 is 5.97 Å². The minimum Gasteiger partial charge on any atom is -0.478 e. The second-order valence-corrected chi connectivity index (χ2v) is 2.16. The molecule has 1 aromatic rings. The number of ketones is 1. The molecule has 0 aliphatic rings. The normalized spacial score (nSPS) is 9.55. The molecule has 0 spiro atoms. The minimum absolute atomic E-state index is 0.107. The number of rotatable bonds is 2. The summed E-state index contributed by atoms with van der Waals surface area (Å²) in [4.78, 5) is 23.5. The average Bonchev–Trinajstić information content (AvgIpc) is 2.33. The van der Waals surface area contributed by atoms with Gasteiger partial charge in [0.1, 0.15) is 0 Å². The predicted molar refractivity (Wildman–Crippen MR) is 37.8 cm³/mol. The van der Waals surface area contributed by atoms with Crippen LogP contribution in [0.25, 0.3) is 0 Å². The van der Waals surface area contributed by atoms with Crippen LogP contribution in [0.5, 0.6) is 0 Å². The fraction of sp³-hybridized carbons (Fsp3) is 0.143. The van der Waals surface area contributed by atoms with Crippen molar-refractivity contribution in [3.05, 3.63) is 23.5 Å². The first-order valence-electron chi connectivity index (χ1n) is 3.04. The third-order valence-electron chi connectivity index (χ3n) is 1.31. The van der Waals surface area contributed by atoms with Gasteiger partial charge in [-0.3, -0.25) is 4.79 Å². The molecule has 1 aromatic heterocycles. The van der Waals surface area contributed by atoms with Crippen molar-refractivity contribution in [3.63, 3.8) is 0 Å². The topological polar surface area (TPSA) is 70.2 Å². The Kier molecular flexibility index (Phi) is 1.76. The van der Waals surface area contributed by atoms with Crippen LogP contribution in [-0.2, 0) is 0 Å². The van der Waals surface area contributed by atoms with Crippen molar-refractivity contribution < 1.29 is 14.7 Å². The van der Waals surface area contributed by atoms with E-state index in [4.69, 9.17) is 5.11 Å². The smallest absolute Gasteiger partial charge is 0.337 e. The SMILES string of the molecule is CC(=O)c1cc(C(=O)O)c[nH]1. The summed E-state index contributed by atoms with van der Waals surface area (Å²) in [7, 11) is 0. The Morgan fingerprint density at radius 2 is 2.18 bits per heavy atom. The zero-order chi connectivity index (χ0) is 8.43. The number of hydrogen-bond donors (Lipinski definition) is 2. The number of carboxylic acids is 1. The highest BCUT2D eigenvalue weighted by atomic mass is 16.4. The Balaban J connectivity index is 2.99. The number of aromatic nitrogens is 1. The van der Waals surface area contributed by atoms with E-state index in [-0.39, 0.29) is 11.3 Å². The molecule has 4 nitrogen and oxygen atoms in total. The number of nitrogens with one attached hydrogen (secondary N) is 1. The second-order valence-electron chi connectivity index (χ2n) is 2.16. The Morgan fingerprint density at radius 1 is 1.55 bits per heavy atom. The number of aromatic carboxylic acids is 1. The first-order chi connectivity index (χ1) is 5.11. The highest BCUT2D eigenvalue weighted by Crippen LogP contribution is 2.03. The largest absolute Gasteiger partial charge is 0.478 e. The fourth-order valence-corrected chi connectivity index (χ4v) is 0.721. The molecule has 0 aliphatic heterocycles. The summed E-state index contributed by atoms with van der Waals surface area (Å²) in [5.41, 5.74) is 0.428. The maximum atomic E-state index is 10.7. The van der Waals surface area contributed by atoms with Crippen LogP contribution in [0.3, 0.4) is 0 Å². The lowest BCUT2D eigenvalue weighted by Gasteiger charge is -1.83. The molecule has 0 aromatic carbocycles. The van der Waals surface area contributed by atoms with Crippen molar-refractivity contribution in [3.8, 4) is 0 Å². The van der Waals surface area contributed by atoms with Crippen molar-refractivity contribution in [2.45, 2.75) is 6.92 Å². The van der Waals surface area contributed by atoms with Gasteiger partial charge in [0.25, 0.3) is 0 Å². The minimum atomic E-state index is -1.03. The molecular weight excluding hydrogens is 146 g/mol. The van der Waals surface area contributed by atoms with Crippen LogP contribution in [0.4, 0.5) is 0 Å². The molecule has 11 heavy (non-hydrogen) atoms. The van der Waals surface area contributed by atoms with Gasteiger partial charge in [-0.05, 0) is 6.07 Å². The van der Waals surface area contributed by atoms with Gasteiger partial charge in [0.2, 0.25) is 0 Å². The highest BCUT2D eigenvalue weighted by molar-refractivity contribution is 5.96. The van der Waals surface area contributed by atoms with Crippen LogP contribution >= 0.6 is 0 Å². The maximum Gasteiger partial charge on any atom is 0.337 e. The van der Waals surface area contributed by atoms with Gasteiger partial charge in [0.05, 0.1) is 11.3 Å². The molecule has 58 valence electrons. The van der Waals surface area contributed by atoms with E-state index in [1.54, 1.807) is 0 Å². The molecule has 0 fully saturated rings. The molecule has 1 heterocycles. The van der Waals surface area contributed by atoms with E-state index in [1.165, 1.54) is 19.2 Å². The lowest BCUT2D eigenvalue weighted by molar-refractivity contribution is 0.0697. The number of aromatic amines is 1. The van der Waals surface area contributed by atoms with E-state index in [1.807, 2.05) is 0 Å². The van der Waals surface area contributed by atoms with E-state index in [0.717, 1.165) is 0 Å². The van der Waals surface area contributed by atoms with Gasteiger partial charge in [0.15, 0.2) is 5.78 Å². The quantitative estimate of drug-likeness (QED) is 0.620. The lowest BCUT2D eigenvalue weighted by Crippen LogP contribution is -1.93. The molecule has 0 bridgehead atoms. The summed E-state index contributed by atoms with van der Waals surface area (Å²) in [6.45, 7) is 1.37. The Labute approximate surface area is 62.9 Å². The van der Waals surface area contributed by atoms with E-state index in [9.17, 15) is 9.59 Å². The van der Waals surface area contributed by atoms with Crippen LogP contribution in [-0.4, -0.2) is 21.8 Å². The number of hydrogen-bond acceptors (Lipinski definition) is 2. The number of H-pyrrole nitrogens is 1. The summed E-state index contributed by atoms with van der Waals surface area (Å²) >= 11 is 0. The van der Waals surface area contributed by atoms with Crippen LogP contribution < -0.4 is 0 Å². The third-order valence-corrected chi connectivity index (χ3v) is 1.31. The summed E-state index contributed by atoms with van der Waals surface area (Å²) < 4.78 is 0. The van der Waals surface area contributed by atoms with Crippen molar-refractivity contribution in [1.29, 1.82) is 0 Å². The average molecular weight is 153 g/mol. The number of Topliss-reactive ketones (excluding diaryl/α,β-unsaturated/α-hetero) is 1. The van der Waals surface area contributed by atoms with Crippen molar-refractivity contribution in [2.24, 2.45) is 0 Å². The first kappa shape index (κ1) is 7.53. The molecule has 4 heteroatoms. The van der Waals surface area contributed by atoms with E-state index in [2.05, 4.69) is 4.98 Å². The zero-order valence-electron chi connectivity index (χ0n) is 5.92. The number of carbonyl (C=O) groups excluding carboxylic acids is 1. The van der Waals surface area contributed by atoms with Crippen molar-refractivity contribution in [2.75, 3.05) is 0 Å². The molecule has 0 amide bonds. The third kappa shape index (κ3) is 1.46. The molecule has 0 saturated heterocycles. The van der Waals surface area contributed by atoms with E-state index in [0.29, 0.717) is 5.69 Å². The van der Waals surface area contributed by atoms with Gasteiger partial charge in [0, 0.05) is 13.1 Å². The van der Waals surface area contributed by atoms with Crippen LogP contribution in [0.2, 0.25) is 0 Å². The standard InChI is InChI=1S/C7H7NO3/c1-4(9)6-2-5(3-8-6)7(10)11/h2-3,8H,1H3,(H,10,11). The van der Waals surface area contributed by atoms with Gasteiger partial charge >= 0.3 is 5.97 Å². The van der Waals surface area contributed by atoms with Crippen LogP contribution in [0, 0.1) is 0 Å². The molecular formula is C7H7NO3. The summed E-state index contributed by atoms with van der Waals surface area (Å²) in [6.07, 6.45) is 1.29. The summed E-state index contributed by atoms with van der Waals surface area (Å²) in [5, 5.41) is 8.45. The maximum absolute atomic E-state index is 10.7. The van der Waals surface area contributed by atoms with E-state index >= 15 is 0 Å². The number of carbonyl (C=O) groups is 2. The van der Waals surface area contributed by atoms with Crippen LogP contribution in [0.1, 0.15) is 27.8 Å². The molecule has 0 aliphatic carbocycles. The Morgan fingerprint density at radius 3 is 2.45 bits per heavy atom. The predicted octanol–water partition coefficient (Wildman–Crippen LogP) is 0.915. The molecule has 0 saturated carbocycles. The van der Waals surface area contributed by atoms with Gasteiger partial charge in [-0.2, -0.15) is 0 Å². The monoisotopic (exact) mass is 153 g/mol.